The number of amides is 1. The molecule has 7 heteroatoms. The van der Waals surface area contributed by atoms with Gasteiger partial charge in [0.25, 0.3) is 0 Å². The monoisotopic (exact) mass is 359 g/mol. The van der Waals surface area contributed by atoms with Crippen molar-refractivity contribution in [2.45, 2.75) is 58.4 Å². The zero-order valence-corrected chi connectivity index (χ0v) is 16.0. The maximum atomic E-state index is 12.2. The van der Waals surface area contributed by atoms with E-state index in [2.05, 4.69) is 17.1 Å². The molecule has 1 N–H and O–H groups in total. The lowest BCUT2D eigenvalue weighted by molar-refractivity contribution is -0.126. The van der Waals surface area contributed by atoms with Gasteiger partial charge in [-0.15, -0.1) is 0 Å². The molecule has 2 aliphatic heterocycles. The summed E-state index contributed by atoms with van der Waals surface area (Å²) in [7, 11) is -3.11. The maximum absolute atomic E-state index is 12.2. The molecule has 0 bridgehead atoms. The molecule has 0 radical (unpaired) electrons. The average Bonchev–Trinajstić information content (AvgIpc) is 2.60. The number of carbonyl (C=O) groups is 1. The SMILES string of the molecule is CCS(=O)(=O)N1CCC(C(=O)NCCCN2CCCC[C@@H]2C)CC1. The van der Waals surface area contributed by atoms with E-state index in [4.69, 9.17) is 0 Å². The minimum Gasteiger partial charge on any atom is -0.356 e. The molecule has 0 spiro atoms. The second-order valence-corrected chi connectivity index (χ2v) is 9.36. The van der Waals surface area contributed by atoms with Crippen LogP contribution in [0.5, 0.6) is 0 Å². The Morgan fingerprint density at radius 3 is 2.46 bits per heavy atom. The van der Waals surface area contributed by atoms with E-state index in [-0.39, 0.29) is 17.6 Å². The van der Waals surface area contributed by atoms with Crippen LogP contribution in [0.3, 0.4) is 0 Å². The number of sulfonamides is 1. The van der Waals surface area contributed by atoms with Gasteiger partial charge < -0.3 is 10.2 Å². The molecule has 24 heavy (non-hydrogen) atoms. The number of hydrogen-bond donors (Lipinski definition) is 1. The minimum absolute atomic E-state index is 0.0396. The number of piperidine rings is 2. The van der Waals surface area contributed by atoms with E-state index in [1.165, 1.54) is 30.1 Å². The molecule has 0 aromatic carbocycles. The first-order valence-corrected chi connectivity index (χ1v) is 11.0. The Kier molecular flexibility index (Phi) is 7.50. The first-order valence-electron chi connectivity index (χ1n) is 9.43. The first kappa shape index (κ1) is 19.7. The van der Waals surface area contributed by atoms with Crippen molar-refractivity contribution in [2.24, 2.45) is 5.92 Å². The number of rotatable bonds is 7. The van der Waals surface area contributed by atoms with E-state index < -0.39 is 10.0 Å². The third-order valence-electron chi connectivity index (χ3n) is 5.44. The van der Waals surface area contributed by atoms with Crippen LogP contribution in [0.15, 0.2) is 0 Å². The van der Waals surface area contributed by atoms with Crippen LogP contribution in [0.1, 0.15) is 52.4 Å². The van der Waals surface area contributed by atoms with E-state index in [0.717, 1.165) is 19.5 Å². The van der Waals surface area contributed by atoms with E-state index >= 15 is 0 Å². The summed E-state index contributed by atoms with van der Waals surface area (Å²) in [6, 6.07) is 0.666. The molecule has 2 aliphatic rings. The third-order valence-corrected chi connectivity index (χ3v) is 7.33. The van der Waals surface area contributed by atoms with Crippen LogP contribution in [0.4, 0.5) is 0 Å². The van der Waals surface area contributed by atoms with Crippen molar-refractivity contribution in [2.75, 3.05) is 38.5 Å². The summed E-state index contributed by atoms with van der Waals surface area (Å²) in [5, 5.41) is 3.04. The molecular formula is C17H33N3O3S. The van der Waals surface area contributed by atoms with Gasteiger partial charge in [-0.05, 0) is 52.5 Å². The standard InChI is InChI=1S/C17H33N3O3S/c1-3-24(22,23)20-13-8-16(9-14-20)17(21)18-10-6-12-19-11-5-4-7-15(19)2/h15-16H,3-14H2,1-2H3,(H,18,21)/t15-/m0/s1. The number of nitrogens with one attached hydrogen (secondary N) is 1. The Labute approximate surface area is 147 Å². The highest BCUT2D eigenvalue weighted by Crippen LogP contribution is 2.20. The lowest BCUT2D eigenvalue weighted by Gasteiger charge is -2.33. The Hall–Kier alpha value is -0.660. The van der Waals surface area contributed by atoms with Crippen LogP contribution in [0, 0.1) is 5.92 Å². The molecule has 2 heterocycles. The molecule has 2 fully saturated rings. The summed E-state index contributed by atoms with van der Waals surface area (Å²) >= 11 is 0. The zero-order valence-electron chi connectivity index (χ0n) is 15.2. The van der Waals surface area contributed by atoms with Gasteiger partial charge in [0.15, 0.2) is 0 Å². The van der Waals surface area contributed by atoms with Crippen LogP contribution in [0.2, 0.25) is 0 Å². The Bertz CT molecular complexity index is 501. The van der Waals surface area contributed by atoms with Crippen molar-refractivity contribution in [3.05, 3.63) is 0 Å². The average molecular weight is 360 g/mol. The topological polar surface area (TPSA) is 69.7 Å². The predicted octanol–water partition coefficient (Wildman–Crippen LogP) is 1.43. The van der Waals surface area contributed by atoms with Gasteiger partial charge in [-0.25, -0.2) is 12.7 Å². The van der Waals surface area contributed by atoms with Gasteiger partial charge >= 0.3 is 0 Å². The number of nitrogens with zero attached hydrogens (tertiary/aromatic N) is 2. The fourth-order valence-corrected chi connectivity index (χ4v) is 4.84. The van der Waals surface area contributed by atoms with Gasteiger partial charge in [-0.1, -0.05) is 6.42 Å². The van der Waals surface area contributed by atoms with Crippen molar-refractivity contribution in [3.63, 3.8) is 0 Å². The van der Waals surface area contributed by atoms with Crippen LogP contribution in [-0.2, 0) is 14.8 Å². The molecule has 1 atom stereocenters. The zero-order chi connectivity index (χ0) is 17.6. The van der Waals surface area contributed by atoms with E-state index in [1.54, 1.807) is 6.92 Å². The molecule has 1 amide bonds. The third kappa shape index (κ3) is 5.43. The van der Waals surface area contributed by atoms with E-state index in [9.17, 15) is 13.2 Å². The summed E-state index contributed by atoms with van der Waals surface area (Å²) in [4.78, 5) is 14.8. The van der Waals surface area contributed by atoms with Gasteiger partial charge in [-0.2, -0.15) is 0 Å². The molecule has 6 nitrogen and oxygen atoms in total. The van der Waals surface area contributed by atoms with Gasteiger partial charge in [0.1, 0.15) is 0 Å². The van der Waals surface area contributed by atoms with Crippen LogP contribution in [0.25, 0.3) is 0 Å². The normalized spacial score (nSPS) is 24.8. The van der Waals surface area contributed by atoms with Gasteiger partial charge in [0, 0.05) is 38.1 Å². The van der Waals surface area contributed by atoms with Gasteiger partial charge in [0.05, 0.1) is 5.75 Å². The van der Waals surface area contributed by atoms with Crippen molar-refractivity contribution in [1.82, 2.24) is 14.5 Å². The maximum Gasteiger partial charge on any atom is 0.223 e. The van der Waals surface area contributed by atoms with Crippen LogP contribution < -0.4 is 5.32 Å². The molecule has 140 valence electrons. The molecule has 0 aromatic heterocycles. The predicted molar refractivity (Wildman–Crippen MR) is 96.3 cm³/mol. The van der Waals surface area contributed by atoms with Crippen LogP contribution in [-0.4, -0.2) is 68.0 Å². The quantitative estimate of drug-likeness (QED) is 0.698. The molecule has 0 aromatic rings. The summed E-state index contributed by atoms with van der Waals surface area (Å²) in [5.74, 6) is 0.191. The molecule has 0 saturated carbocycles. The summed E-state index contributed by atoms with van der Waals surface area (Å²) in [5.41, 5.74) is 0. The van der Waals surface area contributed by atoms with E-state index in [0.29, 0.717) is 32.0 Å². The number of likely N-dealkylation sites (tertiary alicyclic amines) is 1. The summed E-state index contributed by atoms with van der Waals surface area (Å²) in [6.45, 7) is 7.84. The van der Waals surface area contributed by atoms with Crippen molar-refractivity contribution >= 4 is 15.9 Å². The van der Waals surface area contributed by atoms with E-state index in [1.807, 2.05) is 0 Å². The fourth-order valence-electron chi connectivity index (χ4n) is 3.71. The second kappa shape index (κ2) is 9.15. The van der Waals surface area contributed by atoms with Crippen LogP contribution >= 0.6 is 0 Å². The van der Waals surface area contributed by atoms with Crippen molar-refractivity contribution < 1.29 is 13.2 Å². The number of carbonyl (C=O) groups excluding carboxylic acids is 1. The highest BCUT2D eigenvalue weighted by molar-refractivity contribution is 7.89. The molecule has 0 unspecified atom stereocenters. The smallest absolute Gasteiger partial charge is 0.223 e. The lowest BCUT2D eigenvalue weighted by atomic mass is 9.97. The highest BCUT2D eigenvalue weighted by atomic mass is 32.2. The van der Waals surface area contributed by atoms with Gasteiger partial charge in [0.2, 0.25) is 15.9 Å². The second-order valence-electron chi connectivity index (χ2n) is 7.10. The lowest BCUT2D eigenvalue weighted by Crippen LogP contribution is -2.44. The fraction of sp³-hybridized carbons (Fsp3) is 0.941. The summed E-state index contributed by atoms with van der Waals surface area (Å²) < 4.78 is 25.2. The van der Waals surface area contributed by atoms with Crippen molar-refractivity contribution in [1.29, 1.82) is 0 Å². The largest absolute Gasteiger partial charge is 0.356 e. The molecule has 0 aliphatic carbocycles. The van der Waals surface area contributed by atoms with Crippen molar-refractivity contribution in [3.8, 4) is 0 Å². The molecule has 2 saturated heterocycles. The number of hydrogen-bond acceptors (Lipinski definition) is 4. The Morgan fingerprint density at radius 1 is 1.12 bits per heavy atom. The Morgan fingerprint density at radius 2 is 1.83 bits per heavy atom. The summed E-state index contributed by atoms with van der Waals surface area (Å²) in [6.07, 6.45) is 6.16. The minimum atomic E-state index is -3.11. The molecular weight excluding hydrogens is 326 g/mol. The first-order chi connectivity index (χ1) is 11.4. The highest BCUT2D eigenvalue weighted by Gasteiger charge is 2.29. The van der Waals surface area contributed by atoms with Gasteiger partial charge in [-0.3, -0.25) is 4.79 Å². The Balaban J connectivity index is 1.63. The molecule has 2 rings (SSSR count).